The average molecular weight is 1490 g/mol. The van der Waals surface area contributed by atoms with E-state index in [0.717, 1.165) is 127 Å². The Hall–Kier alpha value is -2.46. The van der Waals surface area contributed by atoms with E-state index in [4.69, 9.17) is 37.0 Å². The Morgan fingerprint density at radius 1 is 0.304 bits per heavy atom. The minimum absolute atomic E-state index is 0.101. The highest BCUT2D eigenvalue weighted by Crippen LogP contribution is 2.45. The quantitative estimate of drug-likeness (QED) is 0.0169. The van der Waals surface area contributed by atoms with Crippen molar-refractivity contribution in [3.8, 4) is 0 Å². The molecule has 0 heterocycles. The van der Waals surface area contributed by atoms with Gasteiger partial charge in [-0.3, -0.25) is 37.3 Å². The van der Waals surface area contributed by atoms with Gasteiger partial charge in [-0.2, -0.15) is 0 Å². The summed E-state index contributed by atoms with van der Waals surface area (Å²) in [6.07, 6.45) is 64.7. The van der Waals surface area contributed by atoms with Gasteiger partial charge in [0.2, 0.25) is 0 Å². The molecule has 3 N–H and O–H groups in total. The molecule has 0 saturated carbocycles. The standard InChI is InChI=1S/C83H158O17P2/c1-8-9-10-11-12-13-14-15-20-24-30-35-43-50-57-64-80(85)93-70-78(99-82(87)66-59-52-45-36-31-25-22-19-17-16-18-21-23-28-33-40-47-54-61-74(2)3)72-97-101(89,90)95-68-77(84)69-96-102(91,92)98-73-79(71-94-81(86)65-58-51-44-39-38-42-49-56-63-76(6)7)100-83(88)67-60-53-46-37-32-27-26-29-34-41-48-55-62-75(4)5/h13-15,20,74-79,84H,8-12,16-19,21-73H2,1-7H3,(H,89,90)(H,91,92)/b14-13-,20-15-/t77-,78-,79-/m1/s1. The molecule has 19 heteroatoms. The number of hydrogen-bond donors (Lipinski definition) is 3. The summed E-state index contributed by atoms with van der Waals surface area (Å²) in [7, 11) is -9.94. The predicted molar refractivity (Wildman–Crippen MR) is 418 cm³/mol. The number of carbonyl (C=O) groups is 4. The molecule has 0 aromatic carbocycles. The molecule has 5 atom stereocenters. The molecule has 0 aliphatic heterocycles. The van der Waals surface area contributed by atoms with Gasteiger partial charge in [-0.15, -0.1) is 0 Å². The first kappa shape index (κ1) is 99.5. The van der Waals surface area contributed by atoms with Crippen LogP contribution in [-0.2, 0) is 65.4 Å². The van der Waals surface area contributed by atoms with Crippen LogP contribution in [0.4, 0.5) is 0 Å². The van der Waals surface area contributed by atoms with Crippen molar-refractivity contribution < 1.29 is 80.2 Å². The number of hydrogen-bond acceptors (Lipinski definition) is 15. The molecule has 17 nitrogen and oxygen atoms in total. The SMILES string of the molecule is CCCCCC/C=C\C=C/CCCCCCCC(=O)OC[C@H](COP(=O)(O)OC[C@@H](O)COP(=O)(O)OC[C@@H](COC(=O)CCCCCCCCCCC(C)C)OC(=O)CCCCCCCCCCCCCCC(C)C)OC(=O)CCCCCCCCCCCCCCCCCCCCC(C)C. The molecule has 0 radical (unpaired) electrons. The molecule has 0 spiro atoms. The predicted octanol–water partition coefficient (Wildman–Crippen LogP) is 24.5. The average Bonchev–Trinajstić information content (AvgIpc) is 0.915. The Morgan fingerprint density at radius 2 is 0.529 bits per heavy atom. The molecular weight excluding hydrogens is 1330 g/mol. The number of aliphatic hydroxyl groups excluding tert-OH is 1. The minimum Gasteiger partial charge on any atom is -0.462 e. The highest BCUT2D eigenvalue weighted by Gasteiger charge is 2.30. The number of carbonyl (C=O) groups excluding carboxylic acids is 4. The molecule has 0 aliphatic carbocycles. The Kier molecular flexibility index (Phi) is 71.0. The topological polar surface area (TPSA) is 237 Å². The van der Waals surface area contributed by atoms with Crippen LogP contribution in [0.5, 0.6) is 0 Å². The van der Waals surface area contributed by atoms with E-state index in [1.807, 2.05) is 0 Å². The number of esters is 4. The van der Waals surface area contributed by atoms with Crippen LogP contribution in [0.1, 0.15) is 408 Å². The van der Waals surface area contributed by atoms with Crippen molar-refractivity contribution in [3.63, 3.8) is 0 Å². The number of rotatable bonds is 79. The molecule has 0 saturated heterocycles. The van der Waals surface area contributed by atoms with Crippen LogP contribution in [0.25, 0.3) is 0 Å². The minimum atomic E-state index is -4.97. The summed E-state index contributed by atoms with van der Waals surface area (Å²) < 4.78 is 68.7. The molecule has 0 amide bonds. The van der Waals surface area contributed by atoms with Crippen molar-refractivity contribution >= 4 is 39.5 Å². The Labute approximate surface area is 624 Å². The lowest BCUT2D eigenvalue weighted by atomic mass is 10.0. The third-order valence-electron chi connectivity index (χ3n) is 18.8. The van der Waals surface area contributed by atoms with Crippen molar-refractivity contribution in [3.05, 3.63) is 24.3 Å². The molecule has 602 valence electrons. The number of allylic oxidation sites excluding steroid dienone is 4. The van der Waals surface area contributed by atoms with Crippen LogP contribution < -0.4 is 0 Å². The van der Waals surface area contributed by atoms with E-state index < -0.39 is 97.5 Å². The second kappa shape index (κ2) is 72.7. The van der Waals surface area contributed by atoms with Gasteiger partial charge in [-0.05, 0) is 69.1 Å². The molecule has 0 aliphatic rings. The number of unbranched alkanes of at least 4 members (excludes halogenated alkanes) is 44. The maximum absolute atomic E-state index is 13.1. The van der Waals surface area contributed by atoms with Gasteiger partial charge in [0.15, 0.2) is 12.2 Å². The zero-order valence-electron chi connectivity index (χ0n) is 66.6. The molecular formula is C83H158O17P2. The maximum atomic E-state index is 13.1. The summed E-state index contributed by atoms with van der Waals surface area (Å²) in [6, 6.07) is 0. The second-order valence-corrected chi connectivity index (χ2v) is 33.5. The lowest BCUT2D eigenvalue weighted by Crippen LogP contribution is -2.30. The lowest BCUT2D eigenvalue weighted by molar-refractivity contribution is -0.161. The van der Waals surface area contributed by atoms with E-state index in [-0.39, 0.29) is 25.7 Å². The largest absolute Gasteiger partial charge is 0.472 e. The van der Waals surface area contributed by atoms with Gasteiger partial charge in [0.1, 0.15) is 19.3 Å². The van der Waals surface area contributed by atoms with Gasteiger partial charge in [0, 0.05) is 25.7 Å². The van der Waals surface area contributed by atoms with Gasteiger partial charge in [0.25, 0.3) is 0 Å². The number of ether oxygens (including phenoxy) is 4. The van der Waals surface area contributed by atoms with Crippen LogP contribution >= 0.6 is 15.6 Å². The van der Waals surface area contributed by atoms with Crippen LogP contribution in [0.15, 0.2) is 24.3 Å². The molecule has 102 heavy (non-hydrogen) atoms. The number of phosphoric acid groups is 2. The first-order valence-corrected chi connectivity index (χ1v) is 45.2. The zero-order valence-corrected chi connectivity index (χ0v) is 68.4. The Morgan fingerprint density at radius 3 is 0.794 bits per heavy atom. The normalized spacial score (nSPS) is 14.1. The van der Waals surface area contributed by atoms with Crippen molar-refractivity contribution in [2.75, 3.05) is 39.6 Å². The highest BCUT2D eigenvalue weighted by molar-refractivity contribution is 7.47. The molecule has 0 bridgehead atoms. The monoisotopic (exact) mass is 1490 g/mol. The summed E-state index contributed by atoms with van der Waals surface area (Å²) in [6.45, 7) is 11.9. The van der Waals surface area contributed by atoms with E-state index in [2.05, 4.69) is 72.8 Å². The summed E-state index contributed by atoms with van der Waals surface area (Å²) >= 11 is 0. The van der Waals surface area contributed by atoms with E-state index in [9.17, 15) is 43.2 Å². The smallest absolute Gasteiger partial charge is 0.462 e. The highest BCUT2D eigenvalue weighted by atomic mass is 31.2. The second-order valence-electron chi connectivity index (χ2n) is 30.6. The molecule has 0 aromatic heterocycles. The van der Waals surface area contributed by atoms with Gasteiger partial charge >= 0.3 is 39.5 Å². The number of phosphoric ester groups is 2. The van der Waals surface area contributed by atoms with E-state index in [1.165, 1.54) is 199 Å². The van der Waals surface area contributed by atoms with Crippen molar-refractivity contribution in [1.82, 2.24) is 0 Å². The molecule has 2 unspecified atom stereocenters. The zero-order chi connectivity index (χ0) is 75.1. The van der Waals surface area contributed by atoms with Crippen LogP contribution in [-0.4, -0.2) is 96.7 Å². The van der Waals surface area contributed by atoms with E-state index >= 15 is 0 Å². The third kappa shape index (κ3) is 75.8. The van der Waals surface area contributed by atoms with E-state index in [1.54, 1.807) is 0 Å². The van der Waals surface area contributed by atoms with Gasteiger partial charge in [-0.1, -0.05) is 355 Å². The fraction of sp³-hybridized carbons (Fsp3) is 0.904. The van der Waals surface area contributed by atoms with Crippen molar-refractivity contribution in [2.24, 2.45) is 17.8 Å². The summed E-state index contributed by atoms with van der Waals surface area (Å²) in [4.78, 5) is 73.1. The molecule has 0 fully saturated rings. The van der Waals surface area contributed by atoms with E-state index in [0.29, 0.717) is 25.7 Å². The van der Waals surface area contributed by atoms with Crippen molar-refractivity contribution in [2.45, 2.75) is 426 Å². The lowest BCUT2D eigenvalue weighted by Gasteiger charge is -2.21. The van der Waals surface area contributed by atoms with Crippen LogP contribution in [0.3, 0.4) is 0 Å². The number of aliphatic hydroxyl groups is 1. The maximum Gasteiger partial charge on any atom is 0.472 e. The summed E-state index contributed by atoms with van der Waals surface area (Å²) in [5.74, 6) is 0.179. The van der Waals surface area contributed by atoms with Crippen molar-refractivity contribution in [1.29, 1.82) is 0 Å². The summed E-state index contributed by atoms with van der Waals surface area (Å²) in [5.41, 5.74) is 0. The van der Waals surface area contributed by atoms with Crippen LogP contribution in [0.2, 0.25) is 0 Å². The Bertz CT molecular complexity index is 2070. The molecule has 0 aromatic rings. The fourth-order valence-electron chi connectivity index (χ4n) is 12.3. The third-order valence-corrected chi connectivity index (χ3v) is 20.7. The van der Waals surface area contributed by atoms with Gasteiger partial charge in [-0.25, -0.2) is 9.13 Å². The summed E-state index contributed by atoms with van der Waals surface area (Å²) in [5, 5.41) is 10.6. The van der Waals surface area contributed by atoms with Gasteiger partial charge in [0.05, 0.1) is 26.4 Å². The van der Waals surface area contributed by atoms with Crippen LogP contribution in [0, 0.1) is 17.8 Å². The molecule has 0 rings (SSSR count). The Balaban J connectivity index is 5.27. The first-order valence-electron chi connectivity index (χ1n) is 42.2. The van der Waals surface area contributed by atoms with Gasteiger partial charge < -0.3 is 33.8 Å². The first-order chi connectivity index (χ1) is 49.2. The fourth-order valence-corrected chi connectivity index (χ4v) is 13.9.